The number of fused-ring (bicyclic) bond motifs is 1. The minimum atomic E-state index is -0.0959. The second-order valence-corrected chi connectivity index (χ2v) is 5.89. The Hall–Kier alpha value is -2.80. The maximum atomic E-state index is 12.5. The zero-order chi connectivity index (χ0) is 17.1. The first-order chi connectivity index (χ1) is 12.3. The predicted octanol–water partition coefficient (Wildman–Crippen LogP) is 1.83. The lowest BCUT2D eigenvalue weighted by Crippen LogP contribution is -2.37. The molecule has 1 aromatic heterocycles. The number of nitrogens with one attached hydrogen (secondary N) is 1. The summed E-state index contributed by atoms with van der Waals surface area (Å²) < 4.78 is 16.0. The van der Waals surface area contributed by atoms with E-state index in [1.165, 1.54) is 0 Å². The van der Waals surface area contributed by atoms with Crippen molar-refractivity contribution < 1.29 is 19.0 Å². The number of rotatable bonds is 4. The summed E-state index contributed by atoms with van der Waals surface area (Å²) in [6.07, 6.45) is 1.99. The van der Waals surface area contributed by atoms with E-state index in [2.05, 4.69) is 15.2 Å². The van der Waals surface area contributed by atoms with Crippen molar-refractivity contribution in [3.8, 4) is 11.5 Å². The first-order valence-electron chi connectivity index (χ1n) is 8.26. The van der Waals surface area contributed by atoms with Crippen LogP contribution in [0.4, 0.5) is 11.5 Å². The van der Waals surface area contributed by atoms with E-state index in [4.69, 9.17) is 14.2 Å². The molecule has 0 bridgehead atoms. The minimum Gasteiger partial charge on any atom is -0.454 e. The van der Waals surface area contributed by atoms with Gasteiger partial charge in [-0.05, 0) is 29.8 Å². The summed E-state index contributed by atoms with van der Waals surface area (Å²) in [5.41, 5.74) is 1.59. The quantitative estimate of drug-likeness (QED) is 0.915. The van der Waals surface area contributed by atoms with Crippen LogP contribution in [0.2, 0.25) is 0 Å². The second kappa shape index (κ2) is 6.98. The van der Waals surface area contributed by atoms with Crippen LogP contribution in [0.15, 0.2) is 36.5 Å². The highest BCUT2D eigenvalue weighted by Crippen LogP contribution is 2.32. The van der Waals surface area contributed by atoms with Crippen LogP contribution >= 0.6 is 0 Å². The molecule has 0 atom stereocenters. The SMILES string of the molecule is O=C(Cc1ccc2c(c1)OCO2)Nc1cccnc1N1CCOCC1. The molecule has 25 heavy (non-hydrogen) atoms. The van der Waals surface area contributed by atoms with Crippen molar-refractivity contribution in [2.45, 2.75) is 6.42 Å². The van der Waals surface area contributed by atoms with E-state index in [0.29, 0.717) is 24.7 Å². The van der Waals surface area contributed by atoms with E-state index in [0.717, 1.165) is 30.2 Å². The van der Waals surface area contributed by atoms with Crippen molar-refractivity contribution in [2.75, 3.05) is 43.3 Å². The monoisotopic (exact) mass is 341 g/mol. The molecule has 2 aliphatic heterocycles. The molecule has 4 rings (SSSR count). The van der Waals surface area contributed by atoms with Gasteiger partial charge in [0.2, 0.25) is 12.7 Å². The zero-order valence-corrected chi connectivity index (χ0v) is 13.7. The van der Waals surface area contributed by atoms with Crippen LogP contribution in [0.1, 0.15) is 5.56 Å². The van der Waals surface area contributed by atoms with Gasteiger partial charge in [0.15, 0.2) is 17.3 Å². The summed E-state index contributed by atoms with van der Waals surface area (Å²) in [4.78, 5) is 19.0. The number of anilines is 2. The van der Waals surface area contributed by atoms with E-state index < -0.39 is 0 Å². The molecule has 0 spiro atoms. The zero-order valence-electron chi connectivity index (χ0n) is 13.7. The summed E-state index contributed by atoms with van der Waals surface area (Å²) in [6.45, 7) is 3.09. The average molecular weight is 341 g/mol. The number of morpholine rings is 1. The number of amides is 1. The predicted molar refractivity (Wildman–Crippen MR) is 92.2 cm³/mol. The van der Waals surface area contributed by atoms with Crippen molar-refractivity contribution in [1.29, 1.82) is 0 Å². The molecule has 0 unspecified atom stereocenters. The molecule has 0 aliphatic carbocycles. The number of benzene rings is 1. The largest absolute Gasteiger partial charge is 0.454 e. The lowest BCUT2D eigenvalue weighted by Gasteiger charge is -2.29. The molecule has 7 heteroatoms. The molecule has 1 N–H and O–H groups in total. The van der Waals surface area contributed by atoms with Gasteiger partial charge in [-0.3, -0.25) is 4.79 Å². The highest BCUT2D eigenvalue weighted by molar-refractivity contribution is 5.95. The van der Waals surface area contributed by atoms with E-state index in [-0.39, 0.29) is 19.1 Å². The number of hydrogen-bond acceptors (Lipinski definition) is 6. The van der Waals surface area contributed by atoms with Crippen molar-refractivity contribution in [1.82, 2.24) is 4.98 Å². The van der Waals surface area contributed by atoms with Crippen molar-refractivity contribution in [2.24, 2.45) is 0 Å². The number of aromatic nitrogens is 1. The van der Waals surface area contributed by atoms with Gasteiger partial charge in [-0.2, -0.15) is 0 Å². The molecule has 1 fully saturated rings. The van der Waals surface area contributed by atoms with Gasteiger partial charge in [-0.15, -0.1) is 0 Å². The van der Waals surface area contributed by atoms with Gasteiger partial charge in [-0.25, -0.2) is 4.98 Å². The second-order valence-electron chi connectivity index (χ2n) is 5.89. The number of nitrogens with zero attached hydrogens (tertiary/aromatic N) is 2. The molecule has 1 saturated heterocycles. The Morgan fingerprint density at radius 3 is 2.88 bits per heavy atom. The molecule has 1 amide bonds. The Kier molecular flexibility index (Phi) is 4.39. The molecule has 2 aromatic rings. The van der Waals surface area contributed by atoms with Gasteiger partial charge < -0.3 is 24.4 Å². The van der Waals surface area contributed by atoms with Crippen LogP contribution in [0.25, 0.3) is 0 Å². The summed E-state index contributed by atoms with van der Waals surface area (Å²) in [5, 5.41) is 2.97. The smallest absolute Gasteiger partial charge is 0.231 e. The number of hydrogen-bond donors (Lipinski definition) is 1. The van der Waals surface area contributed by atoms with E-state index in [9.17, 15) is 4.79 Å². The maximum absolute atomic E-state index is 12.5. The van der Waals surface area contributed by atoms with Gasteiger partial charge in [-0.1, -0.05) is 6.07 Å². The van der Waals surface area contributed by atoms with Crippen molar-refractivity contribution >= 4 is 17.4 Å². The Labute approximate surface area is 145 Å². The fraction of sp³-hybridized carbons (Fsp3) is 0.333. The normalized spacial score (nSPS) is 15.9. The van der Waals surface area contributed by atoms with Gasteiger partial charge >= 0.3 is 0 Å². The Morgan fingerprint density at radius 1 is 1.16 bits per heavy atom. The average Bonchev–Trinajstić information content (AvgIpc) is 3.10. The van der Waals surface area contributed by atoms with Crippen LogP contribution < -0.4 is 19.7 Å². The fourth-order valence-corrected chi connectivity index (χ4v) is 2.95. The van der Waals surface area contributed by atoms with Crippen molar-refractivity contribution in [3.05, 3.63) is 42.1 Å². The number of carbonyl (C=O) groups excluding carboxylic acids is 1. The highest BCUT2D eigenvalue weighted by Gasteiger charge is 2.18. The highest BCUT2D eigenvalue weighted by atomic mass is 16.7. The number of carbonyl (C=O) groups is 1. The molecule has 7 nitrogen and oxygen atoms in total. The van der Waals surface area contributed by atoms with Gasteiger partial charge in [0.05, 0.1) is 25.3 Å². The van der Waals surface area contributed by atoms with E-state index in [1.807, 2.05) is 30.3 Å². The standard InChI is InChI=1S/C18H19N3O4/c22-17(11-13-3-4-15-16(10-13)25-12-24-15)20-14-2-1-5-19-18(14)21-6-8-23-9-7-21/h1-5,10H,6-9,11-12H2,(H,20,22). The van der Waals surface area contributed by atoms with Crippen LogP contribution in [0, 0.1) is 0 Å². The molecular weight excluding hydrogens is 322 g/mol. The first kappa shape index (κ1) is 15.7. The lowest BCUT2D eigenvalue weighted by molar-refractivity contribution is -0.115. The van der Waals surface area contributed by atoms with Crippen LogP contribution in [0.3, 0.4) is 0 Å². The Morgan fingerprint density at radius 2 is 2.00 bits per heavy atom. The summed E-state index contributed by atoms with van der Waals surface area (Å²) in [6, 6.07) is 9.23. The molecule has 3 heterocycles. The molecule has 0 saturated carbocycles. The molecule has 0 radical (unpaired) electrons. The summed E-state index contributed by atoms with van der Waals surface area (Å²) in [5.74, 6) is 2.08. The number of pyridine rings is 1. The molecular formula is C18H19N3O4. The third-order valence-electron chi connectivity index (χ3n) is 4.17. The van der Waals surface area contributed by atoms with Crippen LogP contribution in [-0.4, -0.2) is 44.0 Å². The molecule has 2 aliphatic rings. The fourth-order valence-electron chi connectivity index (χ4n) is 2.95. The van der Waals surface area contributed by atoms with Gasteiger partial charge in [0.1, 0.15) is 0 Å². The summed E-state index contributed by atoms with van der Waals surface area (Å²) >= 11 is 0. The third kappa shape index (κ3) is 3.51. The number of ether oxygens (including phenoxy) is 3. The molecule has 130 valence electrons. The topological polar surface area (TPSA) is 72.9 Å². The minimum absolute atomic E-state index is 0.0959. The van der Waals surface area contributed by atoms with Crippen LogP contribution in [-0.2, 0) is 16.0 Å². The van der Waals surface area contributed by atoms with E-state index >= 15 is 0 Å². The maximum Gasteiger partial charge on any atom is 0.231 e. The van der Waals surface area contributed by atoms with Gasteiger partial charge in [0.25, 0.3) is 0 Å². The van der Waals surface area contributed by atoms with Crippen molar-refractivity contribution in [3.63, 3.8) is 0 Å². The lowest BCUT2D eigenvalue weighted by atomic mass is 10.1. The Balaban J connectivity index is 1.46. The third-order valence-corrected chi connectivity index (χ3v) is 4.17. The first-order valence-corrected chi connectivity index (χ1v) is 8.26. The Bertz CT molecular complexity index is 775. The van der Waals surface area contributed by atoms with E-state index in [1.54, 1.807) is 6.20 Å². The van der Waals surface area contributed by atoms with Gasteiger partial charge in [0, 0.05) is 19.3 Å². The molecule has 1 aromatic carbocycles. The van der Waals surface area contributed by atoms with Crippen LogP contribution in [0.5, 0.6) is 11.5 Å². The summed E-state index contributed by atoms with van der Waals surface area (Å²) in [7, 11) is 0.